The Morgan fingerprint density at radius 1 is 1.06 bits per heavy atom. The van der Waals surface area contributed by atoms with Crippen LogP contribution in [0.25, 0.3) is 11.0 Å². The van der Waals surface area contributed by atoms with Crippen LogP contribution < -0.4 is 14.8 Å². The summed E-state index contributed by atoms with van der Waals surface area (Å²) in [4.78, 5) is 15.1. The van der Waals surface area contributed by atoms with Crippen molar-refractivity contribution in [3.8, 4) is 11.5 Å². The molecule has 182 valence electrons. The molecule has 0 unspecified atom stereocenters. The van der Waals surface area contributed by atoms with E-state index in [1.165, 1.54) is 7.11 Å². The number of likely N-dealkylation sites (tertiary alicyclic amines) is 1. The number of methoxy groups -OCH3 is 2. The summed E-state index contributed by atoms with van der Waals surface area (Å²) in [5.41, 5.74) is 2.20. The number of nitrogens with zero attached hydrogens (tertiary/aromatic N) is 1. The number of carbonyl (C=O) groups is 1. The Kier molecular flexibility index (Phi) is 6.23. The number of hydrogen-bond acceptors (Lipinski definition) is 7. The zero-order valence-electron chi connectivity index (χ0n) is 19.7. The van der Waals surface area contributed by atoms with E-state index in [0.717, 1.165) is 36.1 Å². The third-order valence-electron chi connectivity index (χ3n) is 6.59. The highest BCUT2D eigenvalue weighted by Crippen LogP contribution is 2.36. The maximum atomic E-state index is 12.8. The molecule has 1 saturated heterocycles. The minimum atomic E-state index is -0.916. The van der Waals surface area contributed by atoms with Crippen molar-refractivity contribution >= 4 is 22.6 Å². The van der Waals surface area contributed by atoms with E-state index in [4.69, 9.17) is 18.3 Å². The number of hydrogen-bond donors (Lipinski definition) is 2. The number of piperidine rings is 1. The van der Waals surface area contributed by atoms with Crippen LogP contribution >= 0.6 is 0 Å². The molecule has 2 aromatic carbocycles. The number of amides is 1. The van der Waals surface area contributed by atoms with Gasteiger partial charge in [0.15, 0.2) is 17.3 Å². The van der Waals surface area contributed by atoms with Gasteiger partial charge in [0, 0.05) is 42.3 Å². The summed E-state index contributed by atoms with van der Waals surface area (Å²) in [6.45, 7) is 2.38. The minimum Gasteiger partial charge on any atom is -0.493 e. The Hall–Kier alpha value is -3.75. The fourth-order valence-electron chi connectivity index (χ4n) is 4.56. The lowest BCUT2D eigenvalue weighted by Gasteiger charge is -2.38. The van der Waals surface area contributed by atoms with Crippen LogP contribution in [-0.2, 0) is 12.1 Å². The molecule has 0 spiro atoms. The summed E-state index contributed by atoms with van der Waals surface area (Å²) in [6, 6.07) is 14.4. The Morgan fingerprint density at radius 3 is 2.57 bits per heavy atom. The molecule has 0 saturated carbocycles. The second-order valence-electron chi connectivity index (χ2n) is 8.83. The number of rotatable bonds is 7. The SMILES string of the molecule is COc1ccc(NC(=O)c2cc3cc(C4(O)CCN(Cc5ccoc5)CC4)ccc3o2)cc1OC. The van der Waals surface area contributed by atoms with Crippen LogP contribution in [0.1, 0.15) is 34.5 Å². The van der Waals surface area contributed by atoms with Gasteiger partial charge >= 0.3 is 0 Å². The summed E-state index contributed by atoms with van der Waals surface area (Å²) in [7, 11) is 3.09. The predicted molar refractivity (Wildman–Crippen MR) is 131 cm³/mol. The molecular weight excluding hydrogens is 448 g/mol. The molecule has 2 N–H and O–H groups in total. The molecule has 1 aliphatic heterocycles. The zero-order valence-corrected chi connectivity index (χ0v) is 19.7. The van der Waals surface area contributed by atoms with E-state index in [1.807, 2.05) is 24.3 Å². The molecule has 4 aromatic rings. The maximum absolute atomic E-state index is 12.8. The number of fused-ring (bicyclic) bond motifs is 1. The van der Waals surface area contributed by atoms with Crippen LogP contribution in [0.15, 0.2) is 69.9 Å². The van der Waals surface area contributed by atoms with Gasteiger partial charge < -0.3 is 28.7 Å². The monoisotopic (exact) mass is 476 g/mol. The van der Waals surface area contributed by atoms with Crippen molar-refractivity contribution in [2.45, 2.75) is 25.0 Å². The van der Waals surface area contributed by atoms with E-state index in [9.17, 15) is 9.90 Å². The number of furan rings is 2. The van der Waals surface area contributed by atoms with Gasteiger partial charge in [-0.1, -0.05) is 6.07 Å². The molecule has 1 fully saturated rings. The molecule has 0 radical (unpaired) electrons. The zero-order chi connectivity index (χ0) is 24.4. The smallest absolute Gasteiger partial charge is 0.291 e. The second-order valence-corrected chi connectivity index (χ2v) is 8.83. The summed E-state index contributed by atoms with van der Waals surface area (Å²) >= 11 is 0. The van der Waals surface area contributed by atoms with Gasteiger partial charge in [-0.15, -0.1) is 0 Å². The minimum absolute atomic E-state index is 0.189. The number of ether oxygens (including phenoxy) is 2. The molecule has 1 aliphatic rings. The van der Waals surface area contributed by atoms with Crippen molar-refractivity contribution in [3.63, 3.8) is 0 Å². The average molecular weight is 477 g/mol. The van der Waals surface area contributed by atoms with Gasteiger partial charge in [-0.3, -0.25) is 9.69 Å². The van der Waals surface area contributed by atoms with Crippen molar-refractivity contribution in [2.75, 3.05) is 32.6 Å². The predicted octanol–water partition coefficient (Wildman–Crippen LogP) is 4.78. The Balaban J connectivity index is 1.29. The lowest BCUT2D eigenvalue weighted by Crippen LogP contribution is -2.42. The fraction of sp³-hybridized carbons (Fsp3) is 0.296. The van der Waals surface area contributed by atoms with Gasteiger partial charge in [0.05, 0.1) is 32.3 Å². The number of benzene rings is 2. The first-order chi connectivity index (χ1) is 17.0. The summed E-state index contributed by atoms with van der Waals surface area (Å²) in [5.74, 6) is 0.908. The van der Waals surface area contributed by atoms with Gasteiger partial charge in [0.1, 0.15) is 5.58 Å². The lowest BCUT2D eigenvalue weighted by atomic mass is 9.84. The first-order valence-electron chi connectivity index (χ1n) is 11.5. The third-order valence-corrected chi connectivity index (χ3v) is 6.59. The largest absolute Gasteiger partial charge is 0.493 e. The van der Waals surface area contributed by atoms with E-state index in [2.05, 4.69) is 10.2 Å². The average Bonchev–Trinajstić information content (AvgIpc) is 3.55. The number of anilines is 1. The van der Waals surface area contributed by atoms with Crippen LogP contribution in [0.3, 0.4) is 0 Å². The second kappa shape index (κ2) is 9.48. The maximum Gasteiger partial charge on any atom is 0.291 e. The molecule has 5 rings (SSSR count). The van der Waals surface area contributed by atoms with Crippen molar-refractivity contribution in [1.82, 2.24) is 4.90 Å². The van der Waals surface area contributed by atoms with E-state index in [1.54, 1.807) is 43.9 Å². The van der Waals surface area contributed by atoms with Crippen molar-refractivity contribution in [1.29, 1.82) is 0 Å². The van der Waals surface area contributed by atoms with Gasteiger partial charge in [-0.2, -0.15) is 0 Å². The van der Waals surface area contributed by atoms with Crippen LogP contribution in [0, 0.1) is 0 Å². The molecular formula is C27H28N2O6. The number of aliphatic hydroxyl groups is 1. The number of nitrogens with one attached hydrogen (secondary N) is 1. The lowest BCUT2D eigenvalue weighted by molar-refractivity contribution is -0.0276. The Morgan fingerprint density at radius 2 is 1.86 bits per heavy atom. The molecule has 0 bridgehead atoms. The van der Waals surface area contributed by atoms with Crippen molar-refractivity contribution < 1.29 is 28.2 Å². The third kappa shape index (κ3) is 4.76. The molecule has 0 atom stereocenters. The first kappa shape index (κ1) is 23.0. The van der Waals surface area contributed by atoms with E-state index in [-0.39, 0.29) is 11.7 Å². The summed E-state index contributed by atoms with van der Waals surface area (Å²) in [5, 5.41) is 15.0. The quantitative estimate of drug-likeness (QED) is 0.396. The Labute approximate surface area is 203 Å². The van der Waals surface area contributed by atoms with Crippen LogP contribution in [0.4, 0.5) is 5.69 Å². The van der Waals surface area contributed by atoms with Crippen LogP contribution in [-0.4, -0.2) is 43.2 Å². The highest BCUT2D eigenvalue weighted by molar-refractivity contribution is 6.04. The van der Waals surface area contributed by atoms with Crippen LogP contribution in [0.2, 0.25) is 0 Å². The highest BCUT2D eigenvalue weighted by Gasteiger charge is 2.34. The van der Waals surface area contributed by atoms with E-state index >= 15 is 0 Å². The van der Waals surface area contributed by atoms with E-state index < -0.39 is 5.60 Å². The molecule has 0 aliphatic carbocycles. The van der Waals surface area contributed by atoms with Crippen molar-refractivity contribution in [2.24, 2.45) is 0 Å². The Bertz CT molecular complexity index is 1320. The van der Waals surface area contributed by atoms with E-state index in [0.29, 0.717) is 35.6 Å². The summed E-state index contributed by atoms with van der Waals surface area (Å²) < 4.78 is 21.5. The van der Waals surface area contributed by atoms with Gasteiger partial charge in [0.25, 0.3) is 5.91 Å². The molecule has 8 heteroatoms. The topological polar surface area (TPSA) is 97.3 Å². The molecule has 3 heterocycles. The number of carbonyl (C=O) groups excluding carboxylic acids is 1. The fourth-order valence-corrected chi connectivity index (χ4v) is 4.56. The van der Waals surface area contributed by atoms with Crippen LogP contribution in [0.5, 0.6) is 11.5 Å². The standard InChI is InChI=1S/C27H28N2O6/c1-32-23-6-4-21(15-24(23)33-2)28-26(30)25-14-19-13-20(3-5-22(19)35-25)27(31)8-10-29(11-9-27)16-18-7-12-34-17-18/h3-7,12-15,17,31H,8-11,16H2,1-2H3,(H,28,30). The van der Waals surface area contributed by atoms with Gasteiger partial charge in [-0.05, 0) is 54.8 Å². The first-order valence-corrected chi connectivity index (χ1v) is 11.5. The van der Waals surface area contributed by atoms with Gasteiger partial charge in [-0.25, -0.2) is 0 Å². The summed E-state index contributed by atoms with van der Waals surface area (Å²) in [6.07, 6.45) is 4.69. The molecule has 8 nitrogen and oxygen atoms in total. The highest BCUT2D eigenvalue weighted by atomic mass is 16.5. The molecule has 35 heavy (non-hydrogen) atoms. The van der Waals surface area contributed by atoms with Gasteiger partial charge in [0.2, 0.25) is 0 Å². The molecule has 1 amide bonds. The normalized spacial score (nSPS) is 15.7. The molecule has 2 aromatic heterocycles. The van der Waals surface area contributed by atoms with Crippen molar-refractivity contribution in [3.05, 3.63) is 77.9 Å².